The van der Waals surface area contributed by atoms with Crippen LogP contribution < -0.4 is 10.1 Å². The quantitative estimate of drug-likeness (QED) is 0.878. The molecule has 7 nitrogen and oxygen atoms in total. The van der Waals surface area contributed by atoms with Gasteiger partial charge < -0.3 is 19.5 Å². The van der Waals surface area contributed by atoms with Gasteiger partial charge in [-0.3, -0.25) is 9.69 Å². The van der Waals surface area contributed by atoms with Crippen LogP contribution in [0.2, 0.25) is 0 Å². The largest absolute Gasteiger partial charge is 0.497 e. The highest BCUT2D eigenvalue weighted by molar-refractivity contribution is 5.88. The average Bonchev–Trinajstić information content (AvgIpc) is 2.97. The molecule has 3 rings (SSSR count). The summed E-state index contributed by atoms with van der Waals surface area (Å²) in [5.74, 6) is 0.541. The molecule has 0 aromatic heterocycles. The van der Waals surface area contributed by atoms with Gasteiger partial charge in [0.2, 0.25) is 5.91 Å². The number of nitrogens with zero attached hydrogens (tertiary/aromatic N) is 1. The molecule has 2 heterocycles. The molecule has 130 valence electrons. The van der Waals surface area contributed by atoms with Crippen LogP contribution >= 0.6 is 0 Å². The minimum absolute atomic E-state index is 0.0812. The Morgan fingerprint density at radius 1 is 1.38 bits per heavy atom. The molecule has 0 radical (unpaired) electrons. The number of nitrogens with one attached hydrogen (secondary N) is 1. The van der Waals surface area contributed by atoms with E-state index in [1.165, 1.54) is 4.90 Å². The van der Waals surface area contributed by atoms with Crippen LogP contribution in [0, 0.1) is 0 Å². The van der Waals surface area contributed by atoms with Gasteiger partial charge in [0.25, 0.3) is 0 Å². The van der Waals surface area contributed by atoms with Crippen molar-refractivity contribution in [1.29, 1.82) is 0 Å². The van der Waals surface area contributed by atoms with Gasteiger partial charge in [0, 0.05) is 19.3 Å². The summed E-state index contributed by atoms with van der Waals surface area (Å²) in [7, 11) is 1.59. The molecule has 2 aliphatic rings. The van der Waals surface area contributed by atoms with Crippen molar-refractivity contribution in [1.82, 2.24) is 10.2 Å². The molecule has 2 fully saturated rings. The van der Waals surface area contributed by atoms with Crippen molar-refractivity contribution in [3.8, 4) is 5.75 Å². The first kappa shape index (κ1) is 16.6. The molecule has 24 heavy (non-hydrogen) atoms. The van der Waals surface area contributed by atoms with Gasteiger partial charge in [0.1, 0.15) is 18.4 Å². The van der Waals surface area contributed by atoms with Crippen LogP contribution in [-0.2, 0) is 20.8 Å². The smallest absolute Gasteiger partial charge is 0.410 e. The predicted octanol–water partition coefficient (Wildman–Crippen LogP) is 1.31. The average molecular weight is 334 g/mol. The molecule has 0 unspecified atom stereocenters. The molecule has 7 heteroatoms. The zero-order valence-electron chi connectivity index (χ0n) is 13.7. The van der Waals surface area contributed by atoms with E-state index in [1.807, 2.05) is 24.3 Å². The van der Waals surface area contributed by atoms with Crippen LogP contribution in [0.4, 0.5) is 4.79 Å². The Kier molecular flexibility index (Phi) is 5.20. The number of hydrogen-bond donors (Lipinski definition) is 1. The zero-order chi connectivity index (χ0) is 16.9. The standard InChI is InChI=1S/C17H22N2O5/c1-22-14-4-2-3-12(9-14)10-19-15(11-24-17(19)21)16(20)18-13-5-7-23-8-6-13/h2-4,9,13,15H,5-8,10-11H2,1H3,(H,18,20)/t15-/m0/s1. The Hall–Kier alpha value is -2.28. The number of carbonyl (C=O) groups is 2. The van der Waals surface area contributed by atoms with E-state index in [4.69, 9.17) is 14.2 Å². The lowest BCUT2D eigenvalue weighted by molar-refractivity contribution is -0.126. The van der Waals surface area contributed by atoms with E-state index in [9.17, 15) is 9.59 Å². The Balaban J connectivity index is 1.65. The summed E-state index contributed by atoms with van der Waals surface area (Å²) in [6.07, 6.45) is 1.12. The molecule has 1 N–H and O–H groups in total. The molecule has 2 saturated heterocycles. The lowest BCUT2D eigenvalue weighted by Gasteiger charge is -2.26. The lowest BCUT2D eigenvalue weighted by atomic mass is 10.1. The second-order valence-corrected chi connectivity index (χ2v) is 5.97. The SMILES string of the molecule is COc1cccc(CN2C(=O)OC[C@H]2C(=O)NC2CCOCC2)c1. The second kappa shape index (κ2) is 7.53. The van der Waals surface area contributed by atoms with E-state index in [2.05, 4.69) is 5.32 Å². The summed E-state index contributed by atoms with van der Waals surface area (Å²) in [5, 5.41) is 3.00. The molecular formula is C17H22N2O5. The van der Waals surface area contributed by atoms with Crippen molar-refractivity contribution in [2.24, 2.45) is 0 Å². The van der Waals surface area contributed by atoms with Crippen molar-refractivity contribution in [2.45, 2.75) is 31.5 Å². The van der Waals surface area contributed by atoms with Gasteiger partial charge in [0.05, 0.1) is 13.7 Å². The van der Waals surface area contributed by atoms with Crippen LogP contribution in [0.1, 0.15) is 18.4 Å². The fourth-order valence-electron chi connectivity index (χ4n) is 2.95. The summed E-state index contributed by atoms with van der Waals surface area (Å²) in [6.45, 7) is 1.69. The molecule has 2 amide bonds. The molecular weight excluding hydrogens is 312 g/mol. The van der Waals surface area contributed by atoms with Gasteiger partial charge in [-0.15, -0.1) is 0 Å². The third-order valence-corrected chi connectivity index (χ3v) is 4.33. The summed E-state index contributed by atoms with van der Waals surface area (Å²) >= 11 is 0. The fraction of sp³-hybridized carbons (Fsp3) is 0.529. The molecule has 1 aromatic rings. The monoisotopic (exact) mass is 334 g/mol. The first-order chi connectivity index (χ1) is 11.7. The number of ether oxygens (including phenoxy) is 3. The van der Waals surface area contributed by atoms with Gasteiger partial charge in [0.15, 0.2) is 0 Å². The van der Waals surface area contributed by atoms with E-state index in [1.54, 1.807) is 7.11 Å². The van der Waals surface area contributed by atoms with Crippen LogP contribution in [0.5, 0.6) is 5.75 Å². The topological polar surface area (TPSA) is 77.1 Å². The predicted molar refractivity (Wildman–Crippen MR) is 85.7 cm³/mol. The Morgan fingerprint density at radius 2 is 2.17 bits per heavy atom. The Labute approximate surface area is 140 Å². The molecule has 0 spiro atoms. The molecule has 1 aromatic carbocycles. The summed E-state index contributed by atoms with van der Waals surface area (Å²) < 4.78 is 15.6. The van der Waals surface area contributed by atoms with E-state index < -0.39 is 12.1 Å². The Morgan fingerprint density at radius 3 is 2.92 bits per heavy atom. The lowest BCUT2D eigenvalue weighted by Crippen LogP contribution is -2.49. The van der Waals surface area contributed by atoms with Crippen LogP contribution in [0.25, 0.3) is 0 Å². The van der Waals surface area contributed by atoms with Gasteiger partial charge in [-0.2, -0.15) is 0 Å². The minimum Gasteiger partial charge on any atom is -0.497 e. The number of cyclic esters (lactones) is 1. The fourth-order valence-corrected chi connectivity index (χ4v) is 2.95. The number of rotatable bonds is 5. The minimum atomic E-state index is -0.605. The van der Waals surface area contributed by atoms with E-state index >= 15 is 0 Å². The number of methoxy groups -OCH3 is 1. The van der Waals surface area contributed by atoms with E-state index in [0.29, 0.717) is 25.5 Å². The highest BCUT2D eigenvalue weighted by Gasteiger charge is 2.38. The van der Waals surface area contributed by atoms with Crippen molar-refractivity contribution in [3.05, 3.63) is 29.8 Å². The normalized spacial score (nSPS) is 21.5. The zero-order valence-corrected chi connectivity index (χ0v) is 13.7. The van der Waals surface area contributed by atoms with Gasteiger partial charge in [-0.25, -0.2) is 4.79 Å². The van der Waals surface area contributed by atoms with Gasteiger partial charge in [-0.05, 0) is 30.5 Å². The van der Waals surface area contributed by atoms with Crippen molar-refractivity contribution in [2.75, 3.05) is 26.9 Å². The molecule has 1 atom stereocenters. The van der Waals surface area contributed by atoms with E-state index in [-0.39, 0.29) is 18.6 Å². The maximum atomic E-state index is 12.5. The van der Waals surface area contributed by atoms with Gasteiger partial charge in [-0.1, -0.05) is 12.1 Å². The first-order valence-corrected chi connectivity index (χ1v) is 8.12. The molecule has 2 aliphatic heterocycles. The Bertz CT molecular complexity index is 600. The van der Waals surface area contributed by atoms with Crippen molar-refractivity contribution >= 4 is 12.0 Å². The van der Waals surface area contributed by atoms with Crippen LogP contribution in [0.15, 0.2) is 24.3 Å². The maximum absolute atomic E-state index is 12.5. The van der Waals surface area contributed by atoms with Crippen molar-refractivity contribution in [3.63, 3.8) is 0 Å². The number of hydrogen-bond acceptors (Lipinski definition) is 5. The highest BCUT2D eigenvalue weighted by atomic mass is 16.6. The summed E-state index contributed by atoms with van der Waals surface area (Å²) in [6, 6.07) is 6.92. The summed E-state index contributed by atoms with van der Waals surface area (Å²) in [5.41, 5.74) is 0.886. The van der Waals surface area contributed by atoms with Gasteiger partial charge >= 0.3 is 6.09 Å². The van der Waals surface area contributed by atoms with Crippen molar-refractivity contribution < 1.29 is 23.8 Å². The summed E-state index contributed by atoms with van der Waals surface area (Å²) in [4.78, 5) is 26.0. The highest BCUT2D eigenvalue weighted by Crippen LogP contribution is 2.20. The second-order valence-electron chi connectivity index (χ2n) is 5.97. The third kappa shape index (κ3) is 3.79. The number of carbonyl (C=O) groups excluding carboxylic acids is 2. The third-order valence-electron chi connectivity index (χ3n) is 4.33. The maximum Gasteiger partial charge on any atom is 0.410 e. The number of amides is 2. The molecule has 0 aliphatic carbocycles. The molecule has 0 bridgehead atoms. The number of benzene rings is 1. The van der Waals surface area contributed by atoms with Crippen LogP contribution in [0.3, 0.4) is 0 Å². The van der Waals surface area contributed by atoms with E-state index in [0.717, 1.165) is 18.4 Å². The first-order valence-electron chi connectivity index (χ1n) is 8.12. The molecule has 0 saturated carbocycles. The van der Waals surface area contributed by atoms with Crippen LogP contribution in [-0.4, -0.2) is 55.9 Å².